The van der Waals surface area contributed by atoms with Crippen LogP contribution in [0.2, 0.25) is 0 Å². The van der Waals surface area contributed by atoms with Gasteiger partial charge in [0.2, 0.25) is 0 Å². The first kappa shape index (κ1) is 55.2. The summed E-state index contributed by atoms with van der Waals surface area (Å²) in [6.07, 6.45) is 45.6. The lowest BCUT2D eigenvalue weighted by molar-refractivity contribution is 0.104. The summed E-state index contributed by atoms with van der Waals surface area (Å²) in [5, 5.41) is 0. The van der Waals surface area contributed by atoms with Crippen molar-refractivity contribution < 1.29 is 4.79 Å². The fraction of sp³-hybridized carbons (Fsp3) is 0.453. The largest absolute Gasteiger partial charge is 0.289 e. The number of benzene rings is 6. The number of hydrogen-bond donors (Lipinski definition) is 0. The van der Waals surface area contributed by atoms with Crippen LogP contribution in [0.1, 0.15) is 268 Å². The van der Waals surface area contributed by atoms with Crippen LogP contribution in [0, 0.1) is 0 Å². The molecule has 1 nitrogen and oxygen atoms in total. The maximum Gasteiger partial charge on any atom is 0.194 e. The van der Waals surface area contributed by atoms with Gasteiger partial charge in [0.25, 0.3) is 0 Å². The number of carbonyl (C=O) groups is 1. The molecule has 0 bridgehead atoms. The van der Waals surface area contributed by atoms with Crippen LogP contribution in [-0.2, 0) is 10.8 Å². The molecule has 3 aliphatic rings. The third-order valence-electron chi connectivity index (χ3n) is 18.2. The van der Waals surface area contributed by atoms with Gasteiger partial charge in [-0.1, -0.05) is 315 Å². The molecule has 0 fully saturated rings. The molecule has 0 spiro atoms. The lowest BCUT2D eigenvalue weighted by Crippen LogP contribution is -2.25. The van der Waals surface area contributed by atoms with Crippen LogP contribution in [0.15, 0.2) is 121 Å². The number of ketones is 1. The first-order chi connectivity index (χ1) is 37.4. The number of fused-ring (bicyclic) bond motifs is 9. The zero-order chi connectivity index (χ0) is 52.6. The SMILES string of the molecule is CCCCCCCCC1(CCCCCCCC)c2ccccc2-c2ccc(/C=C/c3ccc4c(c3)C(=O)c3cc(/C=C/c5ccc6c(c5)C(CCCCCCCC)(CCCCCCCC)c5ccccc5-6)ccc3-4)cc21. The van der Waals surface area contributed by atoms with Crippen LogP contribution in [0.5, 0.6) is 0 Å². The van der Waals surface area contributed by atoms with Crippen LogP contribution in [-0.4, -0.2) is 5.78 Å². The Hall–Kier alpha value is -5.53. The fourth-order valence-electron chi connectivity index (χ4n) is 14.0. The van der Waals surface area contributed by atoms with Crippen molar-refractivity contribution in [3.05, 3.63) is 177 Å². The zero-order valence-electron chi connectivity index (χ0n) is 47.6. The highest BCUT2D eigenvalue weighted by Gasteiger charge is 2.43. The summed E-state index contributed by atoms with van der Waals surface area (Å²) in [4.78, 5) is 14.3. The lowest BCUT2D eigenvalue weighted by atomic mass is 9.70. The molecule has 3 aliphatic carbocycles. The summed E-state index contributed by atoms with van der Waals surface area (Å²) >= 11 is 0. The second-order valence-electron chi connectivity index (χ2n) is 23.5. The van der Waals surface area contributed by atoms with Gasteiger partial charge in [0.15, 0.2) is 5.78 Å². The number of hydrogen-bond acceptors (Lipinski definition) is 1. The van der Waals surface area contributed by atoms with E-state index < -0.39 is 0 Å². The van der Waals surface area contributed by atoms with Crippen molar-refractivity contribution in [2.45, 2.75) is 218 Å². The Morgan fingerprint density at radius 3 is 0.895 bits per heavy atom. The number of unbranched alkanes of at least 4 members (excludes halogenated alkanes) is 20. The normalized spacial score (nSPS) is 14.3. The molecule has 0 heterocycles. The average Bonchev–Trinajstić information content (AvgIpc) is 4.05. The minimum absolute atomic E-state index is 0.0601. The molecule has 0 saturated heterocycles. The van der Waals surface area contributed by atoms with E-state index in [0.717, 1.165) is 33.4 Å². The summed E-state index contributed by atoms with van der Waals surface area (Å²) < 4.78 is 0. The van der Waals surface area contributed by atoms with Crippen LogP contribution < -0.4 is 0 Å². The fourth-order valence-corrected chi connectivity index (χ4v) is 14.0. The lowest BCUT2D eigenvalue weighted by Gasteiger charge is -2.33. The van der Waals surface area contributed by atoms with Gasteiger partial charge in [-0.15, -0.1) is 0 Å². The minimum atomic E-state index is 0.0601. The van der Waals surface area contributed by atoms with Crippen LogP contribution in [0.3, 0.4) is 0 Å². The maximum atomic E-state index is 14.3. The van der Waals surface area contributed by atoms with Gasteiger partial charge in [0.1, 0.15) is 0 Å². The second kappa shape index (κ2) is 27.2. The molecule has 6 aromatic rings. The Morgan fingerprint density at radius 1 is 0.276 bits per heavy atom. The van der Waals surface area contributed by atoms with E-state index >= 15 is 0 Å². The van der Waals surface area contributed by atoms with Gasteiger partial charge in [-0.25, -0.2) is 0 Å². The van der Waals surface area contributed by atoms with Crippen molar-refractivity contribution in [1.29, 1.82) is 0 Å². The molecule has 6 aromatic carbocycles. The van der Waals surface area contributed by atoms with Gasteiger partial charge >= 0.3 is 0 Å². The van der Waals surface area contributed by atoms with E-state index in [0.29, 0.717) is 0 Å². The molecule has 0 radical (unpaired) electrons. The molecule has 9 rings (SSSR count). The maximum absolute atomic E-state index is 14.3. The Labute approximate surface area is 461 Å². The van der Waals surface area contributed by atoms with E-state index in [9.17, 15) is 4.79 Å². The van der Waals surface area contributed by atoms with Gasteiger partial charge in [-0.05, 0) is 116 Å². The summed E-state index contributed by atoms with van der Waals surface area (Å²) in [5.41, 5.74) is 20.3. The highest BCUT2D eigenvalue weighted by Crippen LogP contribution is 2.56. The molecule has 0 N–H and O–H groups in total. The van der Waals surface area contributed by atoms with E-state index in [1.807, 2.05) is 0 Å². The zero-order valence-corrected chi connectivity index (χ0v) is 47.6. The predicted molar refractivity (Wildman–Crippen MR) is 330 cm³/mol. The monoisotopic (exact) mass is 1010 g/mol. The first-order valence-corrected chi connectivity index (χ1v) is 31.1. The summed E-state index contributed by atoms with van der Waals surface area (Å²) in [7, 11) is 0. The van der Waals surface area contributed by atoms with Gasteiger partial charge < -0.3 is 0 Å². The van der Waals surface area contributed by atoms with Crippen molar-refractivity contribution >= 4 is 30.1 Å². The van der Waals surface area contributed by atoms with E-state index in [1.165, 1.54) is 224 Å². The molecule has 0 unspecified atom stereocenters. The van der Waals surface area contributed by atoms with E-state index in [2.05, 4.69) is 173 Å². The minimum Gasteiger partial charge on any atom is -0.289 e. The molecule has 0 atom stereocenters. The Balaban J connectivity index is 0.924. The topological polar surface area (TPSA) is 17.1 Å². The highest BCUT2D eigenvalue weighted by molar-refractivity contribution is 6.22. The van der Waals surface area contributed by atoms with Crippen LogP contribution in [0.25, 0.3) is 57.7 Å². The summed E-state index contributed by atoms with van der Waals surface area (Å²) in [6.45, 7) is 9.26. The Bertz CT molecular complexity index is 2690. The van der Waals surface area contributed by atoms with Gasteiger partial charge in [-0.3, -0.25) is 4.79 Å². The molecule has 0 aromatic heterocycles. The summed E-state index contributed by atoms with van der Waals surface area (Å²) in [6, 6.07) is 46.1. The third-order valence-corrected chi connectivity index (χ3v) is 18.2. The molecule has 398 valence electrons. The van der Waals surface area contributed by atoms with Crippen molar-refractivity contribution in [2.24, 2.45) is 0 Å². The quantitative estimate of drug-likeness (QED) is 0.0304. The molecule has 1 heteroatoms. The highest BCUT2D eigenvalue weighted by atomic mass is 16.1. The molecule has 0 amide bonds. The van der Waals surface area contributed by atoms with Crippen molar-refractivity contribution in [2.75, 3.05) is 0 Å². The Morgan fingerprint density at radius 2 is 0.553 bits per heavy atom. The molecular weight excluding hydrogens is 917 g/mol. The van der Waals surface area contributed by atoms with Crippen molar-refractivity contribution in [3.8, 4) is 33.4 Å². The summed E-state index contributed by atoms with van der Waals surface area (Å²) in [5.74, 6) is 0.129. The van der Waals surface area contributed by atoms with Crippen molar-refractivity contribution in [1.82, 2.24) is 0 Å². The Kier molecular flexibility index (Phi) is 19.8. The van der Waals surface area contributed by atoms with Crippen molar-refractivity contribution in [3.63, 3.8) is 0 Å². The van der Waals surface area contributed by atoms with E-state index in [4.69, 9.17) is 0 Å². The molecule has 76 heavy (non-hydrogen) atoms. The van der Waals surface area contributed by atoms with E-state index in [-0.39, 0.29) is 16.6 Å². The first-order valence-electron chi connectivity index (χ1n) is 31.1. The van der Waals surface area contributed by atoms with Gasteiger partial charge in [-0.2, -0.15) is 0 Å². The third kappa shape index (κ3) is 12.4. The number of carbonyl (C=O) groups excluding carboxylic acids is 1. The van der Waals surface area contributed by atoms with Crippen LogP contribution >= 0.6 is 0 Å². The van der Waals surface area contributed by atoms with Gasteiger partial charge in [0, 0.05) is 22.0 Å². The van der Waals surface area contributed by atoms with Gasteiger partial charge in [0.05, 0.1) is 0 Å². The average molecular weight is 1010 g/mol. The second-order valence-corrected chi connectivity index (χ2v) is 23.5. The molecule has 0 saturated carbocycles. The number of rotatable bonds is 32. The molecule has 0 aliphatic heterocycles. The van der Waals surface area contributed by atoms with E-state index in [1.54, 1.807) is 11.1 Å². The molecular formula is C75H92O. The van der Waals surface area contributed by atoms with Crippen LogP contribution in [0.4, 0.5) is 0 Å². The standard InChI is InChI=1S/C75H92O/c1-5-9-13-17-21-29-49-74(50-30-22-18-14-10-6-2)69-35-27-25-33-63(69)65-47-43-59(55-71(65)74)39-37-57-41-45-61-62-46-42-58(54-68(62)73(76)67(61)53-57)38-40-60-44-48-66-64-34-26-28-36-70(64)75(72(66)56-60,51-31-23-19-15-11-7-3)52-32-24-20-16-12-8-4/h25-28,33-48,53-56H,5-24,29-32,49-52H2,1-4H3/b39-37+,40-38+. The smallest absolute Gasteiger partial charge is 0.194 e. The predicted octanol–water partition coefficient (Wildman–Crippen LogP) is 22.8.